The second kappa shape index (κ2) is 3.69. The second-order valence-electron chi connectivity index (χ2n) is 4.65. The summed E-state index contributed by atoms with van der Waals surface area (Å²) in [6.07, 6.45) is 8.40. The van der Waals surface area contributed by atoms with Gasteiger partial charge in [0.05, 0.1) is 5.92 Å². The molecule has 0 heterocycles. The largest absolute Gasteiger partial charge is 0.481 e. The van der Waals surface area contributed by atoms with E-state index in [0.29, 0.717) is 0 Å². The van der Waals surface area contributed by atoms with Crippen LogP contribution in [0.5, 0.6) is 0 Å². The van der Waals surface area contributed by atoms with E-state index in [1.54, 1.807) is 0 Å². The molecule has 0 aromatic heterocycles. The summed E-state index contributed by atoms with van der Waals surface area (Å²) in [5.41, 5.74) is 0. The maximum Gasteiger partial charge on any atom is 0.306 e. The third-order valence-corrected chi connectivity index (χ3v) is 3.89. The number of hydrogen-bond donors (Lipinski definition) is 1. The lowest BCUT2D eigenvalue weighted by Crippen LogP contribution is -2.31. The van der Waals surface area contributed by atoms with Crippen LogP contribution in [-0.4, -0.2) is 11.1 Å². The normalized spacial score (nSPS) is 39.5. The first-order valence-electron chi connectivity index (χ1n) is 5.50. The average molecular weight is 182 g/mol. The highest BCUT2D eigenvalue weighted by Crippen LogP contribution is 2.42. The van der Waals surface area contributed by atoms with Crippen molar-refractivity contribution < 1.29 is 9.90 Å². The summed E-state index contributed by atoms with van der Waals surface area (Å²) >= 11 is 0. The van der Waals surface area contributed by atoms with E-state index in [-0.39, 0.29) is 5.92 Å². The molecule has 2 rings (SSSR count). The molecule has 2 heteroatoms. The molecule has 2 saturated carbocycles. The molecule has 2 aliphatic carbocycles. The number of aliphatic carboxylic acids is 1. The molecular formula is C11H18O2. The highest BCUT2D eigenvalue weighted by Gasteiger charge is 2.34. The molecule has 0 aromatic carbocycles. The lowest BCUT2D eigenvalue weighted by molar-refractivity contribution is -0.144. The van der Waals surface area contributed by atoms with Crippen LogP contribution in [0.2, 0.25) is 0 Å². The van der Waals surface area contributed by atoms with Gasteiger partial charge in [0.25, 0.3) is 0 Å². The lowest BCUT2D eigenvalue weighted by Gasteiger charge is -2.37. The van der Waals surface area contributed by atoms with Gasteiger partial charge in [0.15, 0.2) is 0 Å². The van der Waals surface area contributed by atoms with Crippen molar-refractivity contribution in [3.8, 4) is 0 Å². The van der Waals surface area contributed by atoms with Gasteiger partial charge in [-0.2, -0.15) is 0 Å². The van der Waals surface area contributed by atoms with E-state index in [1.165, 1.54) is 32.1 Å². The zero-order chi connectivity index (χ0) is 9.26. The number of rotatable bonds is 1. The van der Waals surface area contributed by atoms with E-state index >= 15 is 0 Å². The van der Waals surface area contributed by atoms with E-state index in [2.05, 4.69) is 0 Å². The monoisotopic (exact) mass is 182 g/mol. The summed E-state index contributed by atoms with van der Waals surface area (Å²) in [6.45, 7) is 0. The molecule has 0 amide bonds. The van der Waals surface area contributed by atoms with Crippen LogP contribution in [0.15, 0.2) is 0 Å². The second-order valence-corrected chi connectivity index (χ2v) is 4.65. The molecule has 0 aromatic rings. The van der Waals surface area contributed by atoms with E-state index in [4.69, 9.17) is 5.11 Å². The topological polar surface area (TPSA) is 37.3 Å². The number of hydrogen-bond acceptors (Lipinski definition) is 1. The minimum Gasteiger partial charge on any atom is -0.481 e. The summed E-state index contributed by atoms with van der Waals surface area (Å²) in [6, 6.07) is 0. The van der Waals surface area contributed by atoms with Crippen molar-refractivity contribution >= 4 is 5.97 Å². The maximum absolute atomic E-state index is 10.8. The maximum atomic E-state index is 10.8. The number of carbonyl (C=O) groups is 1. The minimum absolute atomic E-state index is 0.0284. The molecule has 2 fully saturated rings. The van der Waals surface area contributed by atoms with Gasteiger partial charge < -0.3 is 5.11 Å². The quantitative estimate of drug-likeness (QED) is 0.677. The Morgan fingerprint density at radius 1 is 1.00 bits per heavy atom. The summed E-state index contributed by atoms with van der Waals surface area (Å²) in [4.78, 5) is 10.8. The average Bonchev–Trinajstić information content (AvgIpc) is 2.17. The first-order valence-corrected chi connectivity index (χ1v) is 5.50. The van der Waals surface area contributed by atoms with Crippen molar-refractivity contribution in [2.75, 3.05) is 0 Å². The van der Waals surface area contributed by atoms with Crippen molar-refractivity contribution in [1.29, 1.82) is 0 Å². The van der Waals surface area contributed by atoms with Gasteiger partial charge in [0.2, 0.25) is 0 Å². The Kier molecular flexibility index (Phi) is 2.56. The number of carboxylic acid groups (broad SMARTS) is 1. The van der Waals surface area contributed by atoms with E-state index in [1.807, 2.05) is 0 Å². The van der Waals surface area contributed by atoms with Crippen molar-refractivity contribution in [2.24, 2.45) is 17.8 Å². The Hall–Kier alpha value is -0.530. The van der Waals surface area contributed by atoms with Gasteiger partial charge in [-0.1, -0.05) is 25.7 Å². The first kappa shape index (κ1) is 9.04. The van der Waals surface area contributed by atoms with Crippen LogP contribution >= 0.6 is 0 Å². The predicted molar refractivity (Wildman–Crippen MR) is 50.4 cm³/mol. The summed E-state index contributed by atoms with van der Waals surface area (Å²) in [5, 5.41) is 8.93. The van der Waals surface area contributed by atoms with E-state index in [9.17, 15) is 4.79 Å². The number of carboxylic acids is 1. The standard InChI is InChI=1S/C11H18O2/c12-11(13)10-6-5-8-3-1-2-4-9(8)7-10/h8-10H,1-7H2,(H,12,13)/t8-,9+,10+/m0/s1. The smallest absolute Gasteiger partial charge is 0.306 e. The third-order valence-electron chi connectivity index (χ3n) is 3.89. The van der Waals surface area contributed by atoms with Crippen molar-refractivity contribution in [3.05, 3.63) is 0 Å². The van der Waals surface area contributed by atoms with Gasteiger partial charge >= 0.3 is 5.97 Å². The molecule has 3 atom stereocenters. The third kappa shape index (κ3) is 1.87. The molecule has 0 radical (unpaired) electrons. The van der Waals surface area contributed by atoms with Gasteiger partial charge in [-0.25, -0.2) is 0 Å². The van der Waals surface area contributed by atoms with Crippen LogP contribution in [0, 0.1) is 17.8 Å². The van der Waals surface area contributed by atoms with Crippen LogP contribution in [0.4, 0.5) is 0 Å². The number of fused-ring (bicyclic) bond motifs is 1. The highest BCUT2D eigenvalue weighted by molar-refractivity contribution is 5.70. The molecule has 2 nitrogen and oxygen atoms in total. The molecule has 0 bridgehead atoms. The van der Waals surface area contributed by atoms with Gasteiger partial charge in [-0.3, -0.25) is 4.79 Å². The molecule has 13 heavy (non-hydrogen) atoms. The van der Waals surface area contributed by atoms with Crippen molar-refractivity contribution in [2.45, 2.75) is 44.9 Å². The van der Waals surface area contributed by atoms with Gasteiger partial charge in [0, 0.05) is 0 Å². The fourth-order valence-corrected chi connectivity index (χ4v) is 3.10. The minimum atomic E-state index is -0.566. The molecule has 2 aliphatic rings. The van der Waals surface area contributed by atoms with Crippen LogP contribution in [-0.2, 0) is 4.79 Å². The molecular weight excluding hydrogens is 164 g/mol. The molecule has 74 valence electrons. The molecule has 0 spiro atoms. The Labute approximate surface area is 79.3 Å². The van der Waals surface area contributed by atoms with Gasteiger partial charge in [0.1, 0.15) is 0 Å². The van der Waals surface area contributed by atoms with Crippen LogP contribution in [0.1, 0.15) is 44.9 Å². The zero-order valence-electron chi connectivity index (χ0n) is 8.04. The lowest BCUT2D eigenvalue weighted by atomic mass is 9.67. The van der Waals surface area contributed by atoms with Crippen LogP contribution in [0.25, 0.3) is 0 Å². The molecule has 0 saturated heterocycles. The zero-order valence-corrected chi connectivity index (χ0v) is 8.04. The summed E-state index contributed by atoms with van der Waals surface area (Å²) < 4.78 is 0. The Balaban J connectivity index is 1.95. The van der Waals surface area contributed by atoms with Crippen LogP contribution < -0.4 is 0 Å². The van der Waals surface area contributed by atoms with E-state index < -0.39 is 5.97 Å². The van der Waals surface area contributed by atoms with Gasteiger partial charge in [-0.15, -0.1) is 0 Å². The van der Waals surface area contributed by atoms with Crippen LogP contribution in [0.3, 0.4) is 0 Å². The molecule has 1 N–H and O–H groups in total. The highest BCUT2D eigenvalue weighted by atomic mass is 16.4. The summed E-state index contributed by atoms with van der Waals surface area (Å²) in [7, 11) is 0. The summed E-state index contributed by atoms with van der Waals surface area (Å²) in [5.74, 6) is 1.01. The molecule has 0 aliphatic heterocycles. The predicted octanol–water partition coefficient (Wildman–Crippen LogP) is 2.68. The Bertz CT molecular complexity index is 200. The Morgan fingerprint density at radius 2 is 1.69 bits per heavy atom. The fourth-order valence-electron chi connectivity index (χ4n) is 3.10. The van der Waals surface area contributed by atoms with Crippen molar-refractivity contribution in [1.82, 2.24) is 0 Å². The fraction of sp³-hybridized carbons (Fsp3) is 0.909. The molecule has 0 unspecified atom stereocenters. The Morgan fingerprint density at radius 3 is 2.38 bits per heavy atom. The SMILES string of the molecule is O=C(O)[C@@H]1CC[C@@H]2CCCC[C@@H]2C1. The van der Waals surface area contributed by atoms with E-state index in [0.717, 1.165) is 24.7 Å². The van der Waals surface area contributed by atoms with Gasteiger partial charge in [-0.05, 0) is 31.1 Å². The first-order chi connectivity index (χ1) is 6.27. The van der Waals surface area contributed by atoms with Crippen molar-refractivity contribution in [3.63, 3.8) is 0 Å².